The lowest BCUT2D eigenvalue weighted by Gasteiger charge is -2.38. The summed E-state index contributed by atoms with van der Waals surface area (Å²) in [6, 6.07) is 10.8. The molecule has 2 aliphatic rings. The molecular formula is C22H26ClN3O2. The van der Waals surface area contributed by atoms with Gasteiger partial charge in [0.05, 0.1) is 5.69 Å². The van der Waals surface area contributed by atoms with Crippen LogP contribution in [0.5, 0.6) is 0 Å². The van der Waals surface area contributed by atoms with E-state index in [1.807, 2.05) is 47.2 Å². The number of aromatic nitrogens is 1. The van der Waals surface area contributed by atoms with E-state index in [0.29, 0.717) is 17.5 Å². The summed E-state index contributed by atoms with van der Waals surface area (Å²) in [5, 5.41) is 3.90. The number of nitrogens with one attached hydrogen (secondary N) is 1. The van der Waals surface area contributed by atoms with Crippen LogP contribution < -0.4 is 5.32 Å². The molecule has 0 bridgehead atoms. The Kier molecular flexibility index (Phi) is 5.44. The topological polar surface area (TPSA) is 54.3 Å². The van der Waals surface area contributed by atoms with Crippen LogP contribution in [0.2, 0.25) is 5.02 Å². The van der Waals surface area contributed by atoms with Gasteiger partial charge in [-0.3, -0.25) is 9.59 Å². The molecule has 1 fully saturated rings. The Labute approximate surface area is 170 Å². The van der Waals surface area contributed by atoms with Gasteiger partial charge in [-0.25, -0.2) is 0 Å². The number of fused-ring (bicyclic) bond motifs is 1. The Hall–Kier alpha value is -2.27. The average molecular weight is 400 g/mol. The first kappa shape index (κ1) is 19.1. The molecule has 2 heterocycles. The lowest BCUT2D eigenvalue weighted by atomic mass is 9.85. The van der Waals surface area contributed by atoms with Gasteiger partial charge in [-0.1, -0.05) is 43.5 Å². The molecule has 0 unspecified atom stereocenters. The van der Waals surface area contributed by atoms with Crippen LogP contribution in [0.3, 0.4) is 0 Å². The third kappa shape index (κ3) is 3.81. The molecule has 5 nitrogen and oxygen atoms in total. The summed E-state index contributed by atoms with van der Waals surface area (Å²) in [4.78, 5) is 27.9. The third-order valence-electron chi connectivity index (χ3n) is 6.04. The van der Waals surface area contributed by atoms with Crippen LogP contribution in [0.1, 0.15) is 49.9 Å². The van der Waals surface area contributed by atoms with E-state index in [9.17, 15) is 9.59 Å². The number of benzene rings is 1. The van der Waals surface area contributed by atoms with Gasteiger partial charge >= 0.3 is 0 Å². The first-order valence-corrected chi connectivity index (χ1v) is 10.4. The minimum absolute atomic E-state index is 0.0458. The summed E-state index contributed by atoms with van der Waals surface area (Å²) in [7, 11) is 0. The van der Waals surface area contributed by atoms with E-state index in [1.54, 1.807) is 4.90 Å². The van der Waals surface area contributed by atoms with Crippen molar-refractivity contribution < 1.29 is 9.59 Å². The highest BCUT2D eigenvalue weighted by Crippen LogP contribution is 2.30. The number of nitrogens with zero attached hydrogens (tertiary/aromatic N) is 2. The zero-order valence-electron chi connectivity index (χ0n) is 16.1. The molecule has 0 saturated heterocycles. The van der Waals surface area contributed by atoms with Crippen LogP contribution in [0.15, 0.2) is 42.6 Å². The predicted molar refractivity (Wildman–Crippen MR) is 109 cm³/mol. The molecule has 1 aliphatic heterocycles. The van der Waals surface area contributed by atoms with Crippen LogP contribution >= 0.6 is 11.6 Å². The van der Waals surface area contributed by atoms with Gasteiger partial charge in [0.15, 0.2) is 6.04 Å². The fourth-order valence-corrected chi connectivity index (χ4v) is 4.52. The summed E-state index contributed by atoms with van der Waals surface area (Å²) in [6.45, 7) is 2.85. The monoisotopic (exact) mass is 399 g/mol. The molecule has 4 rings (SSSR count). The van der Waals surface area contributed by atoms with E-state index in [0.717, 1.165) is 30.5 Å². The molecular weight excluding hydrogens is 374 g/mol. The molecule has 1 aliphatic carbocycles. The highest BCUT2D eigenvalue weighted by Gasteiger charge is 2.38. The van der Waals surface area contributed by atoms with Crippen molar-refractivity contribution in [1.82, 2.24) is 14.8 Å². The van der Waals surface area contributed by atoms with Crippen molar-refractivity contribution in [2.75, 3.05) is 0 Å². The number of hydrogen-bond donors (Lipinski definition) is 1. The lowest BCUT2D eigenvalue weighted by molar-refractivity contribution is -0.145. The number of hydrogen-bond acceptors (Lipinski definition) is 2. The second kappa shape index (κ2) is 8.00. The van der Waals surface area contributed by atoms with E-state index >= 15 is 0 Å². The number of carbonyl (C=O) groups excluding carboxylic acids is 2. The SMILES string of the molecule is C[C@@H]1CCCC[C@H]1NC(=O)[C@@H]1c2cccn2CC(=O)N1Cc1ccc(Cl)cc1. The molecule has 2 aromatic rings. The minimum Gasteiger partial charge on any atom is -0.351 e. The van der Waals surface area contributed by atoms with Crippen molar-refractivity contribution in [2.45, 2.75) is 57.8 Å². The second-order valence-corrected chi connectivity index (χ2v) is 8.42. The highest BCUT2D eigenvalue weighted by molar-refractivity contribution is 6.30. The Bertz CT molecular complexity index is 861. The van der Waals surface area contributed by atoms with Crippen molar-refractivity contribution in [3.63, 3.8) is 0 Å². The van der Waals surface area contributed by atoms with E-state index in [1.165, 1.54) is 6.42 Å². The number of amides is 2. The smallest absolute Gasteiger partial charge is 0.249 e. The maximum absolute atomic E-state index is 13.3. The zero-order valence-corrected chi connectivity index (χ0v) is 16.9. The summed E-state index contributed by atoms with van der Waals surface area (Å²) in [6.07, 6.45) is 6.38. The number of rotatable bonds is 4. The molecule has 1 saturated carbocycles. The van der Waals surface area contributed by atoms with Gasteiger partial charge in [-0.05, 0) is 48.6 Å². The Morgan fingerprint density at radius 2 is 1.93 bits per heavy atom. The molecule has 1 aromatic carbocycles. The van der Waals surface area contributed by atoms with Crippen LogP contribution in [-0.2, 0) is 22.7 Å². The second-order valence-electron chi connectivity index (χ2n) is 7.99. The zero-order chi connectivity index (χ0) is 19.7. The van der Waals surface area contributed by atoms with Gasteiger partial charge in [0.25, 0.3) is 0 Å². The fourth-order valence-electron chi connectivity index (χ4n) is 4.39. The Balaban J connectivity index is 1.60. The minimum atomic E-state index is -0.610. The van der Waals surface area contributed by atoms with Gasteiger partial charge < -0.3 is 14.8 Å². The van der Waals surface area contributed by atoms with Crippen molar-refractivity contribution >= 4 is 23.4 Å². The highest BCUT2D eigenvalue weighted by atomic mass is 35.5. The molecule has 28 heavy (non-hydrogen) atoms. The molecule has 148 valence electrons. The summed E-state index contributed by atoms with van der Waals surface area (Å²) < 4.78 is 1.88. The van der Waals surface area contributed by atoms with Gasteiger partial charge in [0.2, 0.25) is 11.8 Å². The van der Waals surface area contributed by atoms with Crippen molar-refractivity contribution in [1.29, 1.82) is 0 Å². The van der Waals surface area contributed by atoms with Crippen LogP contribution in [0.4, 0.5) is 0 Å². The predicted octanol–water partition coefficient (Wildman–Crippen LogP) is 3.92. The normalized spacial score (nSPS) is 24.7. The molecule has 0 spiro atoms. The maximum atomic E-state index is 13.3. The van der Waals surface area contributed by atoms with Gasteiger partial charge in [-0.2, -0.15) is 0 Å². The largest absolute Gasteiger partial charge is 0.351 e. The average Bonchev–Trinajstić information content (AvgIpc) is 3.13. The van der Waals surface area contributed by atoms with Crippen molar-refractivity contribution in [3.8, 4) is 0 Å². The maximum Gasteiger partial charge on any atom is 0.249 e. The summed E-state index contributed by atoms with van der Waals surface area (Å²) in [5.74, 6) is 0.338. The molecule has 2 amide bonds. The standard InChI is InChI=1S/C22H26ClN3O2/c1-15-5-2-3-6-18(15)24-22(28)21-19-7-4-12-25(19)14-20(27)26(21)13-16-8-10-17(23)11-9-16/h4,7-12,15,18,21H,2-3,5-6,13-14H2,1H3,(H,24,28)/t15-,18-,21+/m1/s1. The lowest BCUT2D eigenvalue weighted by Crippen LogP contribution is -2.51. The van der Waals surface area contributed by atoms with Gasteiger partial charge in [0.1, 0.15) is 6.54 Å². The summed E-state index contributed by atoms with van der Waals surface area (Å²) >= 11 is 5.99. The van der Waals surface area contributed by atoms with E-state index < -0.39 is 6.04 Å². The molecule has 3 atom stereocenters. The van der Waals surface area contributed by atoms with E-state index in [4.69, 9.17) is 11.6 Å². The van der Waals surface area contributed by atoms with E-state index in [-0.39, 0.29) is 24.4 Å². The van der Waals surface area contributed by atoms with Crippen molar-refractivity contribution in [2.24, 2.45) is 5.92 Å². The molecule has 6 heteroatoms. The van der Waals surface area contributed by atoms with Crippen LogP contribution in [0, 0.1) is 5.92 Å². The van der Waals surface area contributed by atoms with Crippen LogP contribution in [-0.4, -0.2) is 27.3 Å². The molecule has 1 N–H and O–H groups in total. The number of carbonyl (C=O) groups is 2. The molecule has 0 radical (unpaired) electrons. The van der Waals surface area contributed by atoms with Crippen molar-refractivity contribution in [3.05, 3.63) is 58.9 Å². The van der Waals surface area contributed by atoms with E-state index in [2.05, 4.69) is 12.2 Å². The molecule has 1 aromatic heterocycles. The fraction of sp³-hybridized carbons (Fsp3) is 0.455. The number of halogens is 1. The first-order chi connectivity index (χ1) is 13.5. The summed E-state index contributed by atoms with van der Waals surface area (Å²) in [5.41, 5.74) is 1.83. The quantitative estimate of drug-likeness (QED) is 0.847. The van der Waals surface area contributed by atoms with Gasteiger partial charge in [-0.15, -0.1) is 0 Å². The Morgan fingerprint density at radius 3 is 2.68 bits per heavy atom. The first-order valence-electron chi connectivity index (χ1n) is 10.0. The third-order valence-corrected chi connectivity index (χ3v) is 6.29. The van der Waals surface area contributed by atoms with Crippen LogP contribution in [0.25, 0.3) is 0 Å². The van der Waals surface area contributed by atoms with Gasteiger partial charge in [0, 0.05) is 23.8 Å². The Morgan fingerprint density at radius 1 is 1.18 bits per heavy atom.